The summed E-state index contributed by atoms with van der Waals surface area (Å²) in [7, 11) is 0. The van der Waals surface area contributed by atoms with Gasteiger partial charge >= 0.3 is 0 Å². The zero-order chi connectivity index (χ0) is 10.4. The van der Waals surface area contributed by atoms with Gasteiger partial charge in [-0.05, 0) is 11.4 Å². The van der Waals surface area contributed by atoms with Gasteiger partial charge in [0.25, 0.3) is 0 Å². The van der Waals surface area contributed by atoms with Gasteiger partial charge in [-0.25, -0.2) is 0 Å². The van der Waals surface area contributed by atoms with Crippen molar-refractivity contribution in [1.29, 1.82) is 0 Å². The number of aliphatic hydroxyl groups is 1. The van der Waals surface area contributed by atoms with E-state index in [2.05, 4.69) is 5.16 Å². The van der Waals surface area contributed by atoms with E-state index in [1.165, 1.54) is 18.3 Å². The maximum Gasteiger partial charge on any atom is 0.182 e. The molecule has 0 amide bonds. The molecule has 76 valence electrons. The van der Waals surface area contributed by atoms with Crippen LogP contribution in [0, 0.1) is 0 Å². The van der Waals surface area contributed by atoms with Gasteiger partial charge in [-0.15, -0.1) is 11.3 Å². The molecule has 1 N–H and O–H groups in total. The molecule has 5 heteroatoms. The van der Waals surface area contributed by atoms with Gasteiger partial charge in [0.1, 0.15) is 6.61 Å². The van der Waals surface area contributed by atoms with Crippen LogP contribution in [0.15, 0.2) is 22.7 Å². The molecule has 0 bridgehead atoms. The number of ketones is 1. The van der Waals surface area contributed by atoms with Gasteiger partial charge in [0.05, 0.1) is 11.5 Å². The van der Waals surface area contributed by atoms with Crippen molar-refractivity contribution >= 4 is 22.8 Å². The minimum absolute atomic E-state index is 0.0994. The number of hydrogen-bond donors (Lipinski definition) is 1. The van der Waals surface area contributed by atoms with Crippen molar-refractivity contribution in [2.24, 2.45) is 5.16 Å². The summed E-state index contributed by atoms with van der Waals surface area (Å²) in [5, 5.41) is 14.0. The van der Waals surface area contributed by atoms with Crippen LogP contribution in [-0.4, -0.2) is 29.8 Å². The summed E-state index contributed by atoms with van der Waals surface area (Å²) < 4.78 is 0. The van der Waals surface area contributed by atoms with Crippen LogP contribution in [-0.2, 0) is 9.63 Å². The van der Waals surface area contributed by atoms with E-state index < -0.39 is 0 Å². The molecule has 4 nitrogen and oxygen atoms in total. The average Bonchev–Trinajstić information content (AvgIpc) is 2.64. The van der Waals surface area contributed by atoms with Crippen LogP contribution in [0.3, 0.4) is 0 Å². The summed E-state index contributed by atoms with van der Waals surface area (Å²) in [6.07, 6.45) is 0. The summed E-state index contributed by atoms with van der Waals surface area (Å²) in [6, 6.07) is 3.64. The Balaban J connectivity index is 2.75. The molecule has 0 fully saturated rings. The number of carbonyl (C=O) groups is 1. The van der Waals surface area contributed by atoms with Crippen molar-refractivity contribution in [3.05, 3.63) is 22.4 Å². The molecule has 1 aromatic heterocycles. The fourth-order valence-corrected chi connectivity index (χ4v) is 1.60. The van der Waals surface area contributed by atoms with Crippen molar-refractivity contribution < 1.29 is 14.7 Å². The SMILES string of the molecule is CC(=O)/C(=N\OCCO)c1cccs1. The molecular formula is C9H11NO3S. The van der Waals surface area contributed by atoms with Crippen molar-refractivity contribution in [1.82, 2.24) is 0 Å². The van der Waals surface area contributed by atoms with Gasteiger partial charge < -0.3 is 9.94 Å². The molecule has 0 aromatic carbocycles. The fourth-order valence-electron chi connectivity index (χ4n) is 0.847. The van der Waals surface area contributed by atoms with Crippen LogP contribution in [0.1, 0.15) is 11.8 Å². The standard InChI is InChI=1S/C9H11NO3S/c1-7(12)9(10-13-5-4-11)8-3-2-6-14-8/h2-3,6,11H,4-5H2,1H3/b10-9+. The first kappa shape index (κ1) is 10.9. The zero-order valence-electron chi connectivity index (χ0n) is 7.77. The van der Waals surface area contributed by atoms with Gasteiger partial charge in [0, 0.05) is 6.92 Å². The topological polar surface area (TPSA) is 58.9 Å². The fraction of sp³-hybridized carbons (Fsp3) is 0.333. The largest absolute Gasteiger partial charge is 0.393 e. The normalized spacial score (nSPS) is 11.4. The summed E-state index contributed by atoms with van der Waals surface area (Å²) in [5.41, 5.74) is 0.299. The van der Waals surface area contributed by atoms with Crippen LogP contribution in [0.25, 0.3) is 0 Å². The molecule has 0 aliphatic carbocycles. The van der Waals surface area contributed by atoms with E-state index in [1.807, 2.05) is 11.4 Å². The molecule has 1 rings (SSSR count). The highest BCUT2D eigenvalue weighted by atomic mass is 32.1. The predicted molar refractivity (Wildman–Crippen MR) is 54.6 cm³/mol. The summed E-state index contributed by atoms with van der Waals surface area (Å²) in [6.45, 7) is 1.42. The van der Waals surface area contributed by atoms with E-state index in [0.717, 1.165) is 4.88 Å². The molecule has 0 saturated carbocycles. The lowest BCUT2D eigenvalue weighted by atomic mass is 10.2. The highest BCUT2D eigenvalue weighted by Crippen LogP contribution is 2.10. The lowest BCUT2D eigenvalue weighted by molar-refractivity contribution is -0.111. The first-order valence-corrected chi connectivity index (χ1v) is 4.99. The van der Waals surface area contributed by atoms with Gasteiger partial charge in [-0.1, -0.05) is 11.2 Å². The lowest BCUT2D eigenvalue weighted by Crippen LogP contribution is -2.11. The second-order valence-corrected chi connectivity index (χ2v) is 3.48. The Labute approximate surface area is 85.8 Å². The quantitative estimate of drug-likeness (QED) is 0.452. The number of hydrogen-bond acceptors (Lipinski definition) is 5. The van der Waals surface area contributed by atoms with Gasteiger partial charge in [0.15, 0.2) is 11.5 Å². The lowest BCUT2D eigenvalue weighted by Gasteiger charge is -1.99. The summed E-state index contributed by atoms with van der Waals surface area (Å²) in [5.74, 6) is -0.148. The molecule has 0 aliphatic rings. The zero-order valence-corrected chi connectivity index (χ0v) is 8.58. The third kappa shape index (κ3) is 2.93. The third-order valence-corrected chi connectivity index (χ3v) is 2.30. The highest BCUT2D eigenvalue weighted by molar-refractivity contribution is 7.13. The Kier molecular flexibility index (Phi) is 4.28. The second kappa shape index (κ2) is 5.51. The molecule has 0 unspecified atom stereocenters. The van der Waals surface area contributed by atoms with Crippen LogP contribution in [0.5, 0.6) is 0 Å². The Bertz CT molecular complexity index is 319. The molecule has 0 spiro atoms. The second-order valence-electron chi connectivity index (χ2n) is 2.53. The molecule has 0 saturated heterocycles. The smallest absolute Gasteiger partial charge is 0.182 e. The maximum atomic E-state index is 11.2. The number of carbonyl (C=O) groups excluding carboxylic acids is 1. The Morgan fingerprint density at radius 2 is 2.50 bits per heavy atom. The number of oxime groups is 1. The van der Waals surface area contributed by atoms with E-state index >= 15 is 0 Å². The van der Waals surface area contributed by atoms with Crippen molar-refractivity contribution in [2.45, 2.75) is 6.92 Å². The molecule has 1 heterocycles. The first-order valence-electron chi connectivity index (χ1n) is 4.11. The van der Waals surface area contributed by atoms with Gasteiger partial charge in [0.2, 0.25) is 0 Å². The van der Waals surface area contributed by atoms with Gasteiger partial charge in [-0.3, -0.25) is 4.79 Å². The van der Waals surface area contributed by atoms with Crippen LogP contribution >= 0.6 is 11.3 Å². The predicted octanol–water partition coefficient (Wildman–Crippen LogP) is 1.05. The average molecular weight is 213 g/mol. The minimum atomic E-state index is -0.148. The van der Waals surface area contributed by atoms with E-state index in [1.54, 1.807) is 6.07 Å². The van der Waals surface area contributed by atoms with E-state index in [9.17, 15) is 4.79 Å². The van der Waals surface area contributed by atoms with Crippen LogP contribution < -0.4 is 0 Å². The van der Waals surface area contributed by atoms with Crippen LogP contribution in [0.4, 0.5) is 0 Å². The number of Topliss-reactive ketones (excluding diaryl/α,β-unsaturated/α-hetero) is 1. The molecule has 14 heavy (non-hydrogen) atoms. The number of thiophene rings is 1. The number of rotatable bonds is 5. The summed E-state index contributed by atoms with van der Waals surface area (Å²) in [4.78, 5) is 16.7. The van der Waals surface area contributed by atoms with Crippen molar-refractivity contribution in [2.75, 3.05) is 13.2 Å². The van der Waals surface area contributed by atoms with Crippen molar-refractivity contribution in [3.8, 4) is 0 Å². The van der Waals surface area contributed by atoms with Crippen LogP contribution in [0.2, 0.25) is 0 Å². The van der Waals surface area contributed by atoms with Gasteiger partial charge in [-0.2, -0.15) is 0 Å². The Hall–Kier alpha value is -1.20. The maximum absolute atomic E-state index is 11.2. The number of nitrogens with zero attached hydrogens (tertiary/aromatic N) is 1. The summed E-state index contributed by atoms with van der Waals surface area (Å²) >= 11 is 1.42. The number of aliphatic hydroxyl groups excluding tert-OH is 1. The third-order valence-electron chi connectivity index (χ3n) is 1.43. The Morgan fingerprint density at radius 1 is 1.71 bits per heavy atom. The molecule has 1 aromatic rings. The molecule has 0 atom stereocenters. The molecule has 0 aliphatic heterocycles. The molecular weight excluding hydrogens is 202 g/mol. The molecule has 0 radical (unpaired) electrons. The first-order chi connectivity index (χ1) is 6.75. The van der Waals surface area contributed by atoms with E-state index in [-0.39, 0.29) is 19.0 Å². The minimum Gasteiger partial charge on any atom is -0.393 e. The van der Waals surface area contributed by atoms with E-state index in [0.29, 0.717) is 5.71 Å². The van der Waals surface area contributed by atoms with Crippen molar-refractivity contribution in [3.63, 3.8) is 0 Å². The monoisotopic (exact) mass is 213 g/mol. The highest BCUT2D eigenvalue weighted by Gasteiger charge is 2.10. The Morgan fingerprint density at radius 3 is 3.00 bits per heavy atom. The van der Waals surface area contributed by atoms with E-state index in [4.69, 9.17) is 9.94 Å².